The number of hydrogen-bond acceptors (Lipinski definition) is 2. The first-order valence-corrected chi connectivity index (χ1v) is 8.02. The SMILES string of the molecule is CC1=CC[C@H](C(C)C)[C@@H]2C[C@@](C)(SC#N)CC[C@H]12. The topological polar surface area (TPSA) is 23.8 Å². The molecule has 1 saturated carbocycles. The minimum absolute atomic E-state index is 0.195. The summed E-state index contributed by atoms with van der Waals surface area (Å²) >= 11 is 1.51. The standard InChI is InChI=1S/C16H25NS/c1-11(2)13-6-5-12(3)14-7-8-16(4,18-10-17)9-15(13)14/h5,11,13-15H,6-9H2,1-4H3/t13-,14-,15+,16+/m1/s1. The van der Waals surface area contributed by atoms with Crippen LogP contribution in [0.4, 0.5) is 0 Å². The van der Waals surface area contributed by atoms with E-state index < -0.39 is 0 Å². The van der Waals surface area contributed by atoms with Gasteiger partial charge in [0, 0.05) is 4.75 Å². The Labute approximate surface area is 116 Å². The number of nitriles is 1. The summed E-state index contributed by atoms with van der Waals surface area (Å²) in [5.74, 6) is 3.17. The molecule has 0 spiro atoms. The Morgan fingerprint density at radius 3 is 2.83 bits per heavy atom. The minimum Gasteiger partial charge on any atom is -0.185 e. The first-order valence-electron chi connectivity index (χ1n) is 7.20. The summed E-state index contributed by atoms with van der Waals surface area (Å²) in [6.07, 6.45) is 7.43. The second-order valence-electron chi connectivity index (χ2n) is 6.75. The smallest absolute Gasteiger partial charge is 0.133 e. The molecule has 2 aliphatic rings. The van der Waals surface area contributed by atoms with Gasteiger partial charge in [-0.05, 0) is 75.0 Å². The van der Waals surface area contributed by atoms with Gasteiger partial charge in [0.2, 0.25) is 0 Å². The largest absolute Gasteiger partial charge is 0.185 e. The molecule has 0 amide bonds. The average Bonchev–Trinajstić information content (AvgIpc) is 2.28. The predicted molar refractivity (Wildman–Crippen MR) is 79.1 cm³/mol. The summed E-state index contributed by atoms with van der Waals surface area (Å²) in [6, 6.07) is 0. The van der Waals surface area contributed by atoms with E-state index in [4.69, 9.17) is 5.26 Å². The zero-order valence-corrected chi connectivity index (χ0v) is 12.9. The van der Waals surface area contributed by atoms with Gasteiger partial charge in [-0.25, -0.2) is 0 Å². The molecule has 0 N–H and O–H groups in total. The van der Waals surface area contributed by atoms with E-state index in [1.54, 1.807) is 5.57 Å². The van der Waals surface area contributed by atoms with Crippen molar-refractivity contribution in [1.29, 1.82) is 5.26 Å². The molecular weight excluding hydrogens is 238 g/mol. The van der Waals surface area contributed by atoms with E-state index in [2.05, 4.69) is 39.2 Å². The zero-order chi connectivity index (χ0) is 13.3. The van der Waals surface area contributed by atoms with Crippen LogP contribution in [0.1, 0.15) is 53.4 Å². The van der Waals surface area contributed by atoms with Gasteiger partial charge >= 0.3 is 0 Å². The summed E-state index contributed by atoms with van der Waals surface area (Å²) in [7, 11) is 0. The van der Waals surface area contributed by atoms with E-state index in [0.29, 0.717) is 0 Å². The zero-order valence-electron chi connectivity index (χ0n) is 12.1. The molecule has 0 radical (unpaired) electrons. The van der Waals surface area contributed by atoms with Crippen molar-refractivity contribution in [1.82, 2.24) is 0 Å². The molecule has 0 aromatic carbocycles. The Bertz CT molecular complexity index is 379. The molecule has 2 heteroatoms. The Balaban J connectivity index is 2.21. The van der Waals surface area contributed by atoms with Gasteiger partial charge in [0.15, 0.2) is 0 Å². The van der Waals surface area contributed by atoms with Gasteiger partial charge in [0.1, 0.15) is 5.40 Å². The van der Waals surface area contributed by atoms with E-state index in [1.807, 2.05) is 0 Å². The molecule has 0 aromatic rings. The normalized spacial score (nSPS) is 40.0. The first kappa shape index (κ1) is 14.0. The third-order valence-corrected chi connectivity index (χ3v) is 6.12. The van der Waals surface area contributed by atoms with Crippen molar-refractivity contribution in [2.45, 2.75) is 58.1 Å². The van der Waals surface area contributed by atoms with Crippen LogP contribution in [0.5, 0.6) is 0 Å². The Morgan fingerprint density at radius 2 is 2.22 bits per heavy atom. The lowest BCUT2D eigenvalue weighted by Crippen LogP contribution is -2.41. The fraction of sp³-hybridized carbons (Fsp3) is 0.812. The maximum atomic E-state index is 9.01. The van der Waals surface area contributed by atoms with Crippen LogP contribution in [-0.4, -0.2) is 4.75 Å². The third-order valence-electron chi connectivity index (χ3n) is 5.16. The summed E-state index contributed by atoms with van der Waals surface area (Å²) in [5, 5.41) is 11.3. The molecule has 100 valence electrons. The highest BCUT2D eigenvalue weighted by Gasteiger charge is 2.44. The van der Waals surface area contributed by atoms with E-state index in [9.17, 15) is 0 Å². The van der Waals surface area contributed by atoms with Gasteiger partial charge in [-0.15, -0.1) is 0 Å². The van der Waals surface area contributed by atoms with Crippen LogP contribution in [0.3, 0.4) is 0 Å². The highest BCUT2D eigenvalue weighted by atomic mass is 32.2. The second-order valence-corrected chi connectivity index (χ2v) is 8.12. The number of thioether (sulfide) groups is 1. The number of rotatable bonds is 2. The summed E-state index contributed by atoms with van der Waals surface area (Å²) in [6.45, 7) is 9.33. The van der Waals surface area contributed by atoms with E-state index >= 15 is 0 Å². The molecule has 0 heterocycles. The Morgan fingerprint density at radius 1 is 1.50 bits per heavy atom. The highest BCUT2D eigenvalue weighted by Crippen LogP contribution is 2.52. The van der Waals surface area contributed by atoms with Gasteiger partial charge in [0.25, 0.3) is 0 Å². The van der Waals surface area contributed by atoms with Crippen LogP contribution < -0.4 is 0 Å². The Hall–Kier alpha value is -0.420. The number of thiocyanates is 1. The van der Waals surface area contributed by atoms with Crippen molar-refractivity contribution in [2.75, 3.05) is 0 Å². The monoisotopic (exact) mass is 263 g/mol. The van der Waals surface area contributed by atoms with Crippen LogP contribution in [0.15, 0.2) is 11.6 Å². The van der Waals surface area contributed by atoms with Crippen molar-refractivity contribution in [3.05, 3.63) is 11.6 Å². The van der Waals surface area contributed by atoms with Crippen LogP contribution in [0.2, 0.25) is 0 Å². The molecule has 1 fully saturated rings. The predicted octanol–water partition coefficient (Wildman–Crippen LogP) is 5.00. The fourth-order valence-corrected chi connectivity index (χ4v) is 4.77. The molecule has 2 rings (SSSR count). The van der Waals surface area contributed by atoms with Gasteiger partial charge in [-0.2, -0.15) is 5.26 Å². The lowest BCUT2D eigenvalue weighted by Gasteiger charge is -2.48. The molecular formula is C16H25NS. The summed E-state index contributed by atoms with van der Waals surface area (Å²) < 4.78 is 0.195. The second kappa shape index (κ2) is 5.29. The number of fused-ring (bicyclic) bond motifs is 1. The van der Waals surface area contributed by atoms with Crippen molar-refractivity contribution >= 4 is 11.8 Å². The molecule has 2 aliphatic carbocycles. The molecule has 0 aliphatic heterocycles. The van der Waals surface area contributed by atoms with E-state index in [-0.39, 0.29) is 4.75 Å². The van der Waals surface area contributed by atoms with Gasteiger partial charge in [0.05, 0.1) is 0 Å². The Kier molecular flexibility index (Phi) is 4.11. The van der Waals surface area contributed by atoms with Crippen LogP contribution in [0, 0.1) is 34.3 Å². The van der Waals surface area contributed by atoms with Crippen molar-refractivity contribution < 1.29 is 0 Å². The van der Waals surface area contributed by atoms with E-state index in [0.717, 1.165) is 23.7 Å². The van der Waals surface area contributed by atoms with Crippen molar-refractivity contribution in [3.8, 4) is 5.40 Å². The maximum absolute atomic E-state index is 9.01. The summed E-state index contributed by atoms with van der Waals surface area (Å²) in [5.41, 5.74) is 1.61. The lowest BCUT2D eigenvalue weighted by molar-refractivity contribution is 0.119. The number of nitrogens with zero attached hydrogens (tertiary/aromatic N) is 1. The van der Waals surface area contributed by atoms with Crippen LogP contribution in [0.25, 0.3) is 0 Å². The maximum Gasteiger partial charge on any atom is 0.133 e. The molecule has 0 saturated heterocycles. The molecule has 0 bridgehead atoms. The van der Waals surface area contributed by atoms with Gasteiger partial charge in [-0.1, -0.05) is 25.5 Å². The molecule has 4 atom stereocenters. The molecule has 18 heavy (non-hydrogen) atoms. The fourth-order valence-electron chi connectivity index (χ4n) is 4.05. The molecule has 0 unspecified atom stereocenters. The van der Waals surface area contributed by atoms with E-state index in [1.165, 1.54) is 37.4 Å². The number of allylic oxidation sites excluding steroid dienone is 2. The number of hydrogen-bond donors (Lipinski definition) is 0. The minimum atomic E-state index is 0.195. The lowest BCUT2D eigenvalue weighted by atomic mass is 9.60. The molecule has 0 aromatic heterocycles. The molecule has 1 nitrogen and oxygen atoms in total. The van der Waals surface area contributed by atoms with Gasteiger partial charge in [-0.3, -0.25) is 0 Å². The average molecular weight is 263 g/mol. The van der Waals surface area contributed by atoms with Crippen LogP contribution >= 0.6 is 11.8 Å². The summed E-state index contributed by atoms with van der Waals surface area (Å²) in [4.78, 5) is 0. The quantitative estimate of drug-likeness (QED) is 0.517. The third kappa shape index (κ3) is 2.62. The van der Waals surface area contributed by atoms with Crippen molar-refractivity contribution in [2.24, 2.45) is 23.7 Å². The first-order chi connectivity index (χ1) is 8.47. The highest BCUT2D eigenvalue weighted by molar-refractivity contribution is 8.05. The van der Waals surface area contributed by atoms with Crippen molar-refractivity contribution in [3.63, 3.8) is 0 Å². The van der Waals surface area contributed by atoms with Crippen LogP contribution in [-0.2, 0) is 0 Å². The van der Waals surface area contributed by atoms with Gasteiger partial charge < -0.3 is 0 Å².